The molecule has 0 radical (unpaired) electrons. The van der Waals surface area contributed by atoms with Crippen LogP contribution in [0.1, 0.15) is 38.7 Å². The molecule has 0 unspecified atom stereocenters. The molecule has 1 aliphatic rings. The van der Waals surface area contributed by atoms with Crippen LogP contribution < -0.4 is 5.32 Å². The van der Waals surface area contributed by atoms with Gasteiger partial charge in [-0.1, -0.05) is 44.0 Å². The minimum Gasteiger partial charge on any atom is -0.316 e. The summed E-state index contributed by atoms with van der Waals surface area (Å²) in [5.74, 6) is 0.907. The van der Waals surface area contributed by atoms with Crippen LogP contribution >= 0.6 is 11.6 Å². The highest BCUT2D eigenvalue weighted by atomic mass is 35.5. The minimum atomic E-state index is 0.362. The maximum atomic E-state index is 5.97. The summed E-state index contributed by atoms with van der Waals surface area (Å²) in [4.78, 5) is 0. The Morgan fingerprint density at radius 1 is 1.24 bits per heavy atom. The highest BCUT2D eigenvalue weighted by Crippen LogP contribution is 2.48. The normalized spacial score (nSPS) is 27.8. The standard InChI is InChI=1S/C15H22ClN/c1-3-12-9-15(10-12,11-17-4-2)13-5-7-14(16)8-6-13/h5-8,12,17H,3-4,9-11H2,1-2H3. The summed E-state index contributed by atoms with van der Waals surface area (Å²) in [6, 6.07) is 8.44. The largest absolute Gasteiger partial charge is 0.316 e. The summed E-state index contributed by atoms with van der Waals surface area (Å²) in [5.41, 5.74) is 1.81. The van der Waals surface area contributed by atoms with E-state index in [1.807, 2.05) is 12.1 Å². The average Bonchev–Trinajstić information content (AvgIpc) is 2.30. The zero-order chi connectivity index (χ0) is 12.3. The van der Waals surface area contributed by atoms with Crippen molar-refractivity contribution >= 4 is 11.6 Å². The zero-order valence-electron chi connectivity index (χ0n) is 10.8. The lowest BCUT2D eigenvalue weighted by atomic mass is 9.58. The van der Waals surface area contributed by atoms with Gasteiger partial charge in [0, 0.05) is 17.0 Å². The van der Waals surface area contributed by atoms with E-state index in [0.29, 0.717) is 5.41 Å². The van der Waals surface area contributed by atoms with E-state index in [1.165, 1.54) is 24.8 Å². The second-order valence-corrected chi connectivity index (χ2v) is 5.69. The molecule has 2 heteroatoms. The lowest BCUT2D eigenvalue weighted by Crippen LogP contribution is -2.48. The molecule has 1 N–H and O–H groups in total. The minimum absolute atomic E-state index is 0.362. The zero-order valence-corrected chi connectivity index (χ0v) is 11.6. The van der Waals surface area contributed by atoms with Crippen molar-refractivity contribution in [2.45, 2.75) is 38.5 Å². The van der Waals surface area contributed by atoms with E-state index in [9.17, 15) is 0 Å². The molecular formula is C15H22ClN. The molecule has 1 nitrogen and oxygen atoms in total. The molecule has 2 rings (SSSR count). The molecule has 0 aromatic heterocycles. The molecule has 0 aliphatic heterocycles. The van der Waals surface area contributed by atoms with Gasteiger partial charge in [0.15, 0.2) is 0 Å². The number of benzene rings is 1. The SMILES string of the molecule is CCNCC1(c2ccc(Cl)cc2)CC(CC)C1. The Bertz CT molecular complexity index is 346. The lowest BCUT2D eigenvalue weighted by Gasteiger charge is -2.48. The molecule has 1 fully saturated rings. The molecule has 0 amide bonds. The van der Waals surface area contributed by atoms with Crippen molar-refractivity contribution in [3.05, 3.63) is 34.9 Å². The number of hydrogen-bond donors (Lipinski definition) is 1. The number of nitrogens with one attached hydrogen (secondary N) is 1. The molecule has 0 spiro atoms. The van der Waals surface area contributed by atoms with Crippen molar-refractivity contribution in [2.75, 3.05) is 13.1 Å². The van der Waals surface area contributed by atoms with E-state index in [4.69, 9.17) is 11.6 Å². The fraction of sp³-hybridized carbons (Fsp3) is 0.600. The maximum absolute atomic E-state index is 5.97. The first kappa shape index (κ1) is 12.9. The summed E-state index contributed by atoms with van der Waals surface area (Å²) >= 11 is 5.97. The summed E-state index contributed by atoms with van der Waals surface area (Å²) in [6.45, 7) is 6.61. The van der Waals surface area contributed by atoms with Gasteiger partial charge in [-0.3, -0.25) is 0 Å². The van der Waals surface area contributed by atoms with E-state index >= 15 is 0 Å². The monoisotopic (exact) mass is 251 g/mol. The molecule has 17 heavy (non-hydrogen) atoms. The molecule has 0 heterocycles. The van der Waals surface area contributed by atoms with Gasteiger partial charge in [0.1, 0.15) is 0 Å². The van der Waals surface area contributed by atoms with Gasteiger partial charge in [0.25, 0.3) is 0 Å². The van der Waals surface area contributed by atoms with Crippen LogP contribution in [0.25, 0.3) is 0 Å². The Hall–Kier alpha value is -0.530. The first-order chi connectivity index (χ1) is 8.20. The number of halogens is 1. The Balaban J connectivity index is 2.13. The topological polar surface area (TPSA) is 12.0 Å². The van der Waals surface area contributed by atoms with E-state index < -0.39 is 0 Å². The first-order valence-corrected chi connectivity index (χ1v) is 7.05. The van der Waals surface area contributed by atoms with Crippen molar-refractivity contribution in [1.82, 2.24) is 5.32 Å². The predicted molar refractivity (Wildman–Crippen MR) is 74.7 cm³/mol. The van der Waals surface area contributed by atoms with Gasteiger partial charge in [0.2, 0.25) is 0 Å². The van der Waals surface area contributed by atoms with Crippen LogP contribution in [0.15, 0.2) is 24.3 Å². The van der Waals surface area contributed by atoms with Crippen LogP contribution in [0.3, 0.4) is 0 Å². The Morgan fingerprint density at radius 3 is 2.41 bits per heavy atom. The average molecular weight is 252 g/mol. The third-order valence-corrected chi connectivity index (χ3v) is 4.36. The lowest BCUT2D eigenvalue weighted by molar-refractivity contribution is 0.134. The van der Waals surface area contributed by atoms with Crippen LogP contribution in [-0.4, -0.2) is 13.1 Å². The van der Waals surface area contributed by atoms with Crippen molar-refractivity contribution < 1.29 is 0 Å². The van der Waals surface area contributed by atoms with Crippen molar-refractivity contribution in [3.63, 3.8) is 0 Å². The van der Waals surface area contributed by atoms with Gasteiger partial charge in [-0.05, 0) is 43.0 Å². The predicted octanol–water partition coefficient (Wildman–Crippen LogP) is 4.01. The summed E-state index contributed by atoms with van der Waals surface area (Å²) < 4.78 is 0. The first-order valence-electron chi connectivity index (χ1n) is 6.67. The van der Waals surface area contributed by atoms with Crippen LogP contribution in [0, 0.1) is 5.92 Å². The van der Waals surface area contributed by atoms with E-state index in [2.05, 4.69) is 31.3 Å². The molecule has 0 saturated heterocycles. The Labute approximate surface area is 110 Å². The van der Waals surface area contributed by atoms with Gasteiger partial charge in [-0.25, -0.2) is 0 Å². The number of hydrogen-bond acceptors (Lipinski definition) is 1. The Kier molecular flexibility index (Phi) is 4.11. The molecule has 0 atom stereocenters. The summed E-state index contributed by atoms with van der Waals surface area (Å²) in [7, 11) is 0. The van der Waals surface area contributed by atoms with Gasteiger partial charge in [0.05, 0.1) is 0 Å². The van der Waals surface area contributed by atoms with Gasteiger partial charge < -0.3 is 5.32 Å². The van der Waals surface area contributed by atoms with E-state index in [1.54, 1.807) is 0 Å². The highest BCUT2D eigenvalue weighted by Gasteiger charge is 2.43. The maximum Gasteiger partial charge on any atom is 0.0406 e. The summed E-state index contributed by atoms with van der Waals surface area (Å²) in [6.07, 6.45) is 3.94. The molecule has 1 aromatic carbocycles. The molecule has 1 saturated carbocycles. The van der Waals surface area contributed by atoms with Crippen LogP contribution in [0.4, 0.5) is 0 Å². The van der Waals surface area contributed by atoms with E-state index in [0.717, 1.165) is 24.0 Å². The van der Waals surface area contributed by atoms with Crippen molar-refractivity contribution in [1.29, 1.82) is 0 Å². The second kappa shape index (κ2) is 5.41. The summed E-state index contributed by atoms with van der Waals surface area (Å²) in [5, 5.41) is 4.35. The molecule has 94 valence electrons. The van der Waals surface area contributed by atoms with Crippen LogP contribution in [0.5, 0.6) is 0 Å². The Morgan fingerprint density at radius 2 is 1.88 bits per heavy atom. The highest BCUT2D eigenvalue weighted by molar-refractivity contribution is 6.30. The second-order valence-electron chi connectivity index (χ2n) is 5.25. The molecular weight excluding hydrogens is 230 g/mol. The molecule has 1 aliphatic carbocycles. The third-order valence-electron chi connectivity index (χ3n) is 4.11. The molecule has 1 aromatic rings. The van der Waals surface area contributed by atoms with Crippen LogP contribution in [0.2, 0.25) is 5.02 Å². The number of likely N-dealkylation sites (N-methyl/N-ethyl adjacent to an activating group) is 1. The smallest absolute Gasteiger partial charge is 0.0406 e. The quantitative estimate of drug-likeness (QED) is 0.834. The molecule has 0 bridgehead atoms. The number of rotatable bonds is 5. The fourth-order valence-corrected chi connectivity index (χ4v) is 3.11. The van der Waals surface area contributed by atoms with Crippen molar-refractivity contribution in [2.24, 2.45) is 5.92 Å². The van der Waals surface area contributed by atoms with Gasteiger partial charge in [-0.2, -0.15) is 0 Å². The van der Waals surface area contributed by atoms with Gasteiger partial charge in [-0.15, -0.1) is 0 Å². The van der Waals surface area contributed by atoms with Crippen molar-refractivity contribution in [3.8, 4) is 0 Å². The third kappa shape index (κ3) is 2.66. The van der Waals surface area contributed by atoms with Crippen LogP contribution in [-0.2, 0) is 5.41 Å². The fourth-order valence-electron chi connectivity index (χ4n) is 2.98. The van der Waals surface area contributed by atoms with E-state index in [-0.39, 0.29) is 0 Å². The van der Waals surface area contributed by atoms with Gasteiger partial charge >= 0.3 is 0 Å².